The molecule has 3 amide bonds. The number of alkyl carbamates (subject to hydrolysis) is 1. The number of hydrogen-bond donors (Lipinski definition) is 3. The van der Waals surface area contributed by atoms with Crippen LogP contribution in [0.25, 0.3) is 0 Å². The first kappa shape index (κ1) is 24.4. The summed E-state index contributed by atoms with van der Waals surface area (Å²) in [6.45, 7) is 3.90. The van der Waals surface area contributed by atoms with E-state index in [1.807, 2.05) is 50.2 Å². The quantitative estimate of drug-likeness (QED) is 0.526. The van der Waals surface area contributed by atoms with Crippen LogP contribution in [0.15, 0.2) is 54.6 Å². The smallest absolute Gasteiger partial charge is 0.408 e. The molecule has 8 heteroatoms. The second-order valence-electron chi connectivity index (χ2n) is 7.87. The van der Waals surface area contributed by atoms with Gasteiger partial charge in [-0.25, -0.2) is 4.79 Å². The number of nitrogens with zero attached hydrogens (tertiary/aromatic N) is 1. The summed E-state index contributed by atoms with van der Waals surface area (Å²) < 4.78 is 5.21. The molecule has 8 nitrogen and oxygen atoms in total. The van der Waals surface area contributed by atoms with E-state index in [4.69, 9.17) is 15.7 Å². The highest BCUT2D eigenvalue weighted by Gasteiger charge is 2.27. The predicted molar refractivity (Wildman–Crippen MR) is 119 cm³/mol. The average Bonchev–Trinajstić information content (AvgIpc) is 2.77. The van der Waals surface area contributed by atoms with Crippen molar-refractivity contribution in [3.05, 3.63) is 71.3 Å². The molecule has 0 aliphatic heterocycles. The molecule has 0 spiro atoms. The van der Waals surface area contributed by atoms with E-state index in [0.717, 1.165) is 5.56 Å². The minimum Gasteiger partial charge on any atom is -0.445 e. The molecule has 0 saturated heterocycles. The highest BCUT2D eigenvalue weighted by Crippen LogP contribution is 2.10. The monoisotopic (exact) mass is 436 g/mol. The van der Waals surface area contributed by atoms with E-state index in [-0.39, 0.29) is 18.9 Å². The maximum Gasteiger partial charge on any atom is 0.408 e. The van der Waals surface area contributed by atoms with E-state index in [9.17, 15) is 14.4 Å². The second-order valence-corrected chi connectivity index (χ2v) is 7.87. The van der Waals surface area contributed by atoms with E-state index in [2.05, 4.69) is 10.6 Å². The van der Waals surface area contributed by atoms with Crippen LogP contribution >= 0.6 is 0 Å². The summed E-state index contributed by atoms with van der Waals surface area (Å²) in [6, 6.07) is 16.0. The van der Waals surface area contributed by atoms with Gasteiger partial charge in [-0.2, -0.15) is 5.26 Å². The Morgan fingerprint density at radius 1 is 1.00 bits per heavy atom. The number of primary amides is 1. The molecule has 2 aromatic rings. The highest BCUT2D eigenvalue weighted by atomic mass is 16.5. The largest absolute Gasteiger partial charge is 0.445 e. The van der Waals surface area contributed by atoms with Crippen LogP contribution in [0.2, 0.25) is 0 Å². The molecule has 0 aromatic heterocycles. The molecule has 0 aliphatic rings. The van der Waals surface area contributed by atoms with Gasteiger partial charge in [0.25, 0.3) is 0 Å². The Morgan fingerprint density at radius 3 is 2.31 bits per heavy atom. The average molecular weight is 437 g/mol. The number of nitrogens with one attached hydrogen (secondary N) is 2. The van der Waals surface area contributed by atoms with Gasteiger partial charge >= 0.3 is 6.09 Å². The zero-order valence-corrected chi connectivity index (χ0v) is 18.2. The Bertz CT molecular complexity index is 969. The minimum absolute atomic E-state index is 0.0713. The van der Waals surface area contributed by atoms with E-state index in [1.165, 1.54) is 0 Å². The van der Waals surface area contributed by atoms with Crippen LogP contribution in [0.5, 0.6) is 0 Å². The molecule has 168 valence electrons. The molecule has 0 saturated carbocycles. The number of carbonyl (C=O) groups excluding carboxylic acids is 3. The zero-order valence-electron chi connectivity index (χ0n) is 18.2. The molecule has 2 rings (SSSR count). The summed E-state index contributed by atoms with van der Waals surface area (Å²) in [5.41, 5.74) is 7.43. The van der Waals surface area contributed by atoms with Gasteiger partial charge in [-0.1, -0.05) is 56.3 Å². The maximum absolute atomic E-state index is 12.9. The van der Waals surface area contributed by atoms with E-state index in [0.29, 0.717) is 17.5 Å². The van der Waals surface area contributed by atoms with Crippen molar-refractivity contribution >= 4 is 17.9 Å². The third-order valence-corrected chi connectivity index (χ3v) is 4.68. The van der Waals surface area contributed by atoms with Gasteiger partial charge in [0.15, 0.2) is 0 Å². The van der Waals surface area contributed by atoms with Crippen LogP contribution in [0, 0.1) is 17.2 Å². The Balaban J connectivity index is 2.02. The number of benzene rings is 2. The first-order valence-electron chi connectivity index (χ1n) is 10.3. The predicted octanol–water partition coefficient (Wildman–Crippen LogP) is 2.41. The molecule has 2 atom stereocenters. The molecule has 2 aromatic carbocycles. The molecule has 0 unspecified atom stereocenters. The van der Waals surface area contributed by atoms with E-state index < -0.39 is 30.0 Å². The summed E-state index contributed by atoms with van der Waals surface area (Å²) in [5, 5.41) is 14.2. The summed E-state index contributed by atoms with van der Waals surface area (Å²) in [6.07, 6.45) is -0.252. The molecular weight excluding hydrogens is 408 g/mol. The lowest BCUT2D eigenvalue weighted by atomic mass is 10.0. The van der Waals surface area contributed by atoms with Crippen molar-refractivity contribution in [3.63, 3.8) is 0 Å². The van der Waals surface area contributed by atoms with Gasteiger partial charge in [0, 0.05) is 6.42 Å². The number of ether oxygens (including phenoxy) is 1. The van der Waals surface area contributed by atoms with Crippen LogP contribution in [0.3, 0.4) is 0 Å². The summed E-state index contributed by atoms with van der Waals surface area (Å²) in [7, 11) is 0. The lowest BCUT2D eigenvalue weighted by molar-refractivity contribution is -0.128. The van der Waals surface area contributed by atoms with Gasteiger partial charge in [-0.3, -0.25) is 9.59 Å². The summed E-state index contributed by atoms with van der Waals surface area (Å²) >= 11 is 0. The van der Waals surface area contributed by atoms with Gasteiger partial charge < -0.3 is 21.1 Å². The van der Waals surface area contributed by atoms with Gasteiger partial charge in [0.05, 0.1) is 11.6 Å². The van der Waals surface area contributed by atoms with Crippen molar-refractivity contribution < 1.29 is 19.1 Å². The minimum atomic E-state index is -0.992. The SMILES string of the molecule is CC(C)C[C@H](NC(=O)OCc1ccccc1)C(=O)N[C@@H](Cc1cccc(C#N)c1)C(N)=O. The topological polar surface area (TPSA) is 134 Å². The maximum atomic E-state index is 12.9. The van der Waals surface area contributed by atoms with Crippen molar-refractivity contribution in [3.8, 4) is 6.07 Å². The number of nitrogens with two attached hydrogens (primary N) is 1. The van der Waals surface area contributed by atoms with Gasteiger partial charge in [-0.15, -0.1) is 0 Å². The lowest BCUT2D eigenvalue weighted by Gasteiger charge is -2.23. The van der Waals surface area contributed by atoms with Crippen molar-refractivity contribution in [2.45, 2.75) is 45.4 Å². The van der Waals surface area contributed by atoms with Gasteiger partial charge in [0.1, 0.15) is 18.7 Å². The van der Waals surface area contributed by atoms with Crippen molar-refractivity contribution in [1.82, 2.24) is 10.6 Å². The molecular formula is C24H28N4O4. The Labute approximate surface area is 187 Å². The Morgan fingerprint density at radius 2 is 1.69 bits per heavy atom. The number of hydrogen-bond acceptors (Lipinski definition) is 5. The molecule has 32 heavy (non-hydrogen) atoms. The van der Waals surface area contributed by atoms with Crippen molar-refractivity contribution in [2.75, 3.05) is 0 Å². The Kier molecular flexibility index (Phi) is 9.23. The van der Waals surface area contributed by atoms with Crippen molar-refractivity contribution in [2.24, 2.45) is 11.7 Å². The number of amides is 3. The number of nitriles is 1. The second kappa shape index (κ2) is 12.1. The van der Waals surface area contributed by atoms with Crippen LogP contribution in [0.4, 0.5) is 4.79 Å². The Hall–Kier alpha value is -3.86. The normalized spacial score (nSPS) is 12.3. The van der Waals surface area contributed by atoms with Crippen LogP contribution in [0.1, 0.15) is 37.0 Å². The molecule has 0 bridgehead atoms. The first-order valence-corrected chi connectivity index (χ1v) is 10.3. The fourth-order valence-electron chi connectivity index (χ4n) is 3.11. The molecule has 4 N–H and O–H groups in total. The highest BCUT2D eigenvalue weighted by molar-refractivity contribution is 5.90. The van der Waals surface area contributed by atoms with Crippen LogP contribution in [-0.4, -0.2) is 30.0 Å². The van der Waals surface area contributed by atoms with Gasteiger partial charge in [-0.05, 0) is 35.6 Å². The van der Waals surface area contributed by atoms with Crippen LogP contribution < -0.4 is 16.4 Å². The zero-order chi connectivity index (χ0) is 23.5. The number of rotatable bonds is 10. The van der Waals surface area contributed by atoms with Crippen molar-refractivity contribution in [1.29, 1.82) is 5.26 Å². The van der Waals surface area contributed by atoms with E-state index >= 15 is 0 Å². The molecule has 0 heterocycles. The summed E-state index contributed by atoms with van der Waals surface area (Å²) in [4.78, 5) is 37.1. The standard InChI is InChI=1S/C24H28N4O4/c1-16(2)11-21(28-24(31)32-15-17-7-4-3-5-8-17)23(30)27-20(22(26)29)13-18-9-6-10-19(12-18)14-25/h3-10,12,16,20-21H,11,13,15H2,1-2H3,(H2,26,29)(H,27,30)(H,28,31)/t20-,21-/m0/s1. The lowest BCUT2D eigenvalue weighted by Crippen LogP contribution is -2.54. The van der Waals surface area contributed by atoms with E-state index in [1.54, 1.807) is 24.3 Å². The third-order valence-electron chi connectivity index (χ3n) is 4.68. The third kappa shape index (κ3) is 8.11. The van der Waals surface area contributed by atoms with Crippen LogP contribution in [-0.2, 0) is 27.4 Å². The molecule has 0 radical (unpaired) electrons. The van der Waals surface area contributed by atoms with Gasteiger partial charge in [0.2, 0.25) is 11.8 Å². The molecule has 0 aliphatic carbocycles. The molecule has 0 fully saturated rings. The first-order chi connectivity index (χ1) is 15.3. The fraction of sp³-hybridized carbons (Fsp3) is 0.333. The fourth-order valence-corrected chi connectivity index (χ4v) is 3.11. The summed E-state index contributed by atoms with van der Waals surface area (Å²) in [5.74, 6) is -1.15. The number of carbonyl (C=O) groups is 3.